The second-order valence-corrected chi connectivity index (χ2v) is 7.83. The third-order valence-corrected chi connectivity index (χ3v) is 4.96. The second kappa shape index (κ2) is 9.56. The van der Waals surface area contributed by atoms with Crippen LogP contribution >= 0.6 is 0 Å². The number of anilines is 1. The minimum Gasteiger partial charge on any atom is -0.487 e. The average molecular weight is 447 g/mol. The van der Waals surface area contributed by atoms with Crippen LogP contribution in [0.2, 0.25) is 0 Å². The van der Waals surface area contributed by atoms with Crippen molar-refractivity contribution in [2.75, 3.05) is 11.9 Å². The molecular formula is C24H25N5O4. The summed E-state index contributed by atoms with van der Waals surface area (Å²) in [6.45, 7) is 5.89. The van der Waals surface area contributed by atoms with E-state index in [0.29, 0.717) is 28.7 Å². The van der Waals surface area contributed by atoms with Gasteiger partial charge in [-0.2, -0.15) is 9.50 Å². The normalized spacial score (nSPS) is 11.0. The summed E-state index contributed by atoms with van der Waals surface area (Å²) in [4.78, 5) is 33.2. The SMILES string of the molecule is Cc1ccccc1OCC(=O)Nc1ccc(OCc2cc(=O)n3c(ncn3C(C)C)n2)cc1. The van der Waals surface area contributed by atoms with Crippen LogP contribution in [0.4, 0.5) is 5.69 Å². The Bertz CT molecular complexity index is 1320. The minimum absolute atomic E-state index is 0.0840. The van der Waals surface area contributed by atoms with E-state index in [9.17, 15) is 9.59 Å². The molecule has 0 saturated carbocycles. The Hall–Kier alpha value is -4.14. The fraction of sp³-hybridized carbons (Fsp3) is 0.250. The van der Waals surface area contributed by atoms with Gasteiger partial charge in [-0.3, -0.25) is 14.3 Å². The fourth-order valence-corrected chi connectivity index (χ4v) is 3.26. The molecule has 0 fully saturated rings. The molecular weight excluding hydrogens is 422 g/mol. The number of para-hydroxylation sites is 1. The van der Waals surface area contributed by atoms with Crippen molar-refractivity contribution in [2.24, 2.45) is 0 Å². The second-order valence-electron chi connectivity index (χ2n) is 7.83. The number of carbonyl (C=O) groups excluding carboxylic acids is 1. The van der Waals surface area contributed by atoms with Crippen molar-refractivity contribution in [2.45, 2.75) is 33.4 Å². The number of benzene rings is 2. The molecule has 9 heteroatoms. The molecule has 9 nitrogen and oxygen atoms in total. The molecule has 0 saturated heterocycles. The van der Waals surface area contributed by atoms with E-state index in [1.54, 1.807) is 35.3 Å². The highest BCUT2D eigenvalue weighted by molar-refractivity contribution is 5.91. The molecule has 0 unspecified atom stereocenters. The van der Waals surface area contributed by atoms with Crippen molar-refractivity contribution in [3.63, 3.8) is 0 Å². The van der Waals surface area contributed by atoms with E-state index < -0.39 is 0 Å². The lowest BCUT2D eigenvalue weighted by Gasteiger charge is -2.11. The van der Waals surface area contributed by atoms with E-state index in [4.69, 9.17) is 9.47 Å². The van der Waals surface area contributed by atoms with E-state index in [-0.39, 0.29) is 30.7 Å². The van der Waals surface area contributed by atoms with Crippen molar-refractivity contribution in [3.8, 4) is 11.5 Å². The predicted octanol–water partition coefficient (Wildman–Crippen LogP) is 3.38. The molecule has 1 N–H and O–H groups in total. The first-order chi connectivity index (χ1) is 15.9. The van der Waals surface area contributed by atoms with Gasteiger partial charge in [0.2, 0.25) is 0 Å². The number of amides is 1. The van der Waals surface area contributed by atoms with Crippen molar-refractivity contribution in [1.29, 1.82) is 0 Å². The van der Waals surface area contributed by atoms with Crippen LogP contribution in [0.15, 0.2) is 65.7 Å². The highest BCUT2D eigenvalue weighted by Gasteiger charge is 2.11. The Labute approximate surface area is 190 Å². The largest absolute Gasteiger partial charge is 0.487 e. The summed E-state index contributed by atoms with van der Waals surface area (Å²) in [5.74, 6) is 1.34. The lowest BCUT2D eigenvalue weighted by Crippen LogP contribution is -2.23. The maximum Gasteiger partial charge on any atom is 0.274 e. The highest BCUT2D eigenvalue weighted by atomic mass is 16.5. The standard InChI is InChI=1S/C24H25N5O4/c1-16(2)28-15-25-24-27-19(12-23(31)29(24)28)13-32-20-10-8-18(9-11-20)26-22(30)14-33-21-7-5-4-6-17(21)3/h4-12,15-16H,13-14H2,1-3H3,(H,26,30). The molecule has 0 spiro atoms. The molecule has 4 rings (SSSR count). The number of aryl methyl sites for hydroxylation is 1. The summed E-state index contributed by atoms with van der Waals surface area (Å²) >= 11 is 0. The van der Waals surface area contributed by atoms with Gasteiger partial charge in [0.15, 0.2) is 6.61 Å². The Morgan fingerprint density at radius 1 is 1.09 bits per heavy atom. The fourth-order valence-electron chi connectivity index (χ4n) is 3.26. The smallest absolute Gasteiger partial charge is 0.274 e. The summed E-state index contributed by atoms with van der Waals surface area (Å²) in [7, 11) is 0. The molecule has 0 bridgehead atoms. The molecule has 2 aromatic heterocycles. The Balaban J connectivity index is 1.33. The minimum atomic E-state index is -0.259. The van der Waals surface area contributed by atoms with Gasteiger partial charge in [-0.05, 0) is 56.7 Å². The summed E-state index contributed by atoms with van der Waals surface area (Å²) in [5, 5.41) is 2.79. The van der Waals surface area contributed by atoms with Gasteiger partial charge in [-0.25, -0.2) is 4.98 Å². The lowest BCUT2D eigenvalue weighted by molar-refractivity contribution is -0.118. The Morgan fingerprint density at radius 2 is 1.85 bits per heavy atom. The number of nitrogens with one attached hydrogen (secondary N) is 1. The molecule has 2 aromatic carbocycles. The molecule has 170 valence electrons. The summed E-state index contributed by atoms with van der Waals surface area (Å²) in [6.07, 6.45) is 1.60. The summed E-state index contributed by atoms with van der Waals surface area (Å²) < 4.78 is 14.5. The average Bonchev–Trinajstić information content (AvgIpc) is 3.23. The molecule has 4 aromatic rings. The third-order valence-electron chi connectivity index (χ3n) is 4.96. The van der Waals surface area contributed by atoms with Gasteiger partial charge in [0.05, 0.1) is 5.69 Å². The number of nitrogens with zero attached hydrogens (tertiary/aromatic N) is 4. The van der Waals surface area contributed by atoms with Crippen molar-refractivity contribution >= 4 is 17.4 Å². The number of hydrogen-bond acceptors (Lipinski definition) is 6. The van der Waals surface area contributed by atoms with Gasteiger partial charge in [0.25, 0.3) is 17.2 Å². The van der Waals surface area contributed by atoms with E-state index in [0.717, 1.165) is 5.56 Å². The third kappa shape index (κ3) is 5.20. The van der Waals surface area contributed by atoms with Gasteiger partial charge in [-0.1, -0.05) is 18.2 Å². The van der Waals surface area contributed by atoms with Crippen LogP contribution in [0, 0.1) is 6.92 Å². The first-order valence-corrected chi connectivity index (χ1v) is 10.6. The number of aromatic nitrogens is 4. The quantitative estimate of drug-likeness (QED) is 0.445. The number of ether oxygens (including phenoxy) is 2. The molecule has 0 radical (unpaired) electrons. The topological polar surface area (TPSA) is 99.7 Å². The van der Waals surface area contributed by atoms with Crippen molar-refractivity contribution in [1.82, 2.24) is 19.2 Å². The monoisotopic (exact) mass is 447 g/mol. The zero-order valence-electron chi connectivity index (χ0n) is 18.7. The number of carbonyl (C=O) groups is 1. The molecule has 0 aliphatic rings. The van der Waals surface area contributed by atoms with Crippen LogP contribution in [0.1, 0.15) is 31.1 Å². The Morgan fingerprint density at radius 3 is 2.58 bits per heavy atom. The van der Waals surface area contributed by atoms with Gasteiger partial charge < -0.3 is 14.8 Å². The molecule has 0 aliphatic carbocycles. The predicted molar refractivity (Wildman–Crippen MR) is 124 cm³/mol. The molecule has 0 aliphatic heterocycles. The molecule has 2 heterocycles. The number of hydrogen-bond donors (Lipinski definition) is 1. The Kier molecular flexibility index (Phi) is 6.39. The van der Waals surface area contributed by atoms with Crippen LogP contribution in [-0.4, -0.2) is 31.7 Å². The highest BCUT2D eigenvalue weighted by Crippen LogP contribution is 2.18. The van der Waals surface area contributed by atoms with E-state index in [1.807, 2.05) is 45.0 Å². The van der Waals surface area contributed by atoms with Gasteiger partial charge >= 0.3 is 0 Å². The maximum atomic E-state index is 12.5. The number of fused-ring (bicyclic) bond motifs is 1. The first kappa shape index (κ1) is 22.1. The van der Waals surface area contributed by atoms with Crippen LogP contribution in [0.3, 0.4) is 0 Å². The van der Waals surface area contributed by atoms with Crippen LogP contribution in [0.25, 0.3) is 5.78 Å². The van der Waals surface area contributed by atoms with E-state index in [1.165, 1.54) is 10.6 Å². The van der Waals surface area contributed by atoms with Crippen LogP contribution in [-0.2, 0) is 11.4 Å². The van der Waals surface area contributed by atoms with E-state index in [2.05, 4.69) is 15.3 Å². The maximum absolute atomic E-state index is 12.5. The van der Waals surface area contributed by atoms with Gasteiger partial charge in [0.1, 0.15) is 24.4 Å². The number of rotatable bonds is 8. The van der Waals surface area contributed by atoms with E-state index >= 15 is 0 Å². The van der Waals surface area contributed by atoms with Crippen molar-refractivity contribution < 1.29 is 14.3 Å². The summed E-state index contributed by atoms with van der Waals surface area (Å²) in [6, 6.07) is 16.0. The molecule has 0 atom stereocenters. The zero-order chi connectivity index (χ0) is 23.4. The van der Waals surface area contributed by atoms with Crippen LogP contribution in [0.5, 0.6) is 11.5 Å². The first-order valence-electron chi connectivity index (χ1n) is 10.6. The van der Waals surface area contributed by atoms with Gasteiger partial charge in [-0.15, -0.1) is 0 Å². The molecule has 1 amide bonds. The lowest BCUT2D eigenvalue weighted by atomic mass is 10.2. The summed E-state index contributed by atoms with van der Waals surface area (Å²) in [5.41, 5.74) is 1.87. The van der Waals surface area contributed by atoms with Crippen molar-refractivity contribution in [3.05, 3.63) is 82.5 Å². The molecule has 33 heavy (non-hydrogen) atoms. The van der Waals surface area contributed by atoms with Gasteiger partial charge in [0, 0.05) is 17.8 Å². The zero-order valence-corrected chi connectivity index (χ0v) is 18.7. The van der Waals surface area contributed by atoms with Crippen LogP contribution < -0.4 is 20.3 Å².